The minimum Gasteiger partial charge on any atom is -0.504 e. The highest BCUT2D eigenvalue weighted by Gasteiger charge is 2.13. The van der Waals surface area contributed by atoms with Crippen molar-refractivity contribution in [3.63, 3.8) is 0 Å². The van der Waals surface area contributed by atoms with Gasteiger partial charge in [0, 0.05) is 0 Å². The lowest BCUT2D eigenvalue weighted by atomic mass is 10.1. The maximum atomic E-state index is 9.89. The molecule has 0 atom stereocenters. The first kappa shape index (κ1) is 11.7. The van der Waals surface area contributed by atoms with Gasteiger partial charge in [-0.25, -0.2) is 0 Å². The molecule has 15 heavy (non-hydrogen) atoms. The first-order valence-electron chi connectivity index (χ1n) is 4.82. The Labute approximate surface area is 89.8 Å². The van der Waals surface area contributed by atoms with Crippen molar-refractivity contribution in [1.82, 2.24) is 5.32 Å². The van der Waals surface area contributed by atoms with Crippen molar-refractivity contribution in [3.05, 3.63) is 17.7 Å². The predicted molar refractivity (Wildman–Crippen MR) is 58.8 cm³/mol. The van der Waals surface area contributed by atoms with Crippen LogP contribution in [-0.4, -0.2) is 32.9 Å². The minimum atomic E-state index is 0.159. The maximum absolute atomic E-state index is 9.89. The van der Waals surface area contributed by atoms with Gasteiger partial charge in [0.15, 0.2) is 11.5 Å². The molecular weight excluding hydrogens is 194 g/mol. The molecule has 0 saturated heterocycles. The molecule has 84 valence electrons. The Balaban J connectivity index is 3.00. The van der Waals surface area contributed by atoms with Crippen molar-refractivity contribution in [2.24, 2.45) is 0 Å². The van der Waals surface area contributed by atoms with Gasteiger partial charge in [-0.2, -0.15) is 0 Å². The second kappa shape index (κ2) is 5.46. The molecule has 4 nitrogen and oxygen atoms in total. The van der Waals surface area contributed by atoms with Crippen LogP contribution in [0.1, 0.15) is 5.56 Å². The number of hydrogen-bond donors (Lipinski definition) is 2. The summed E-state index contributed by atoms with van der Waals surface area (Å²) in [6.07, 6.45) is 0.753. The number of aromatic hydroxyl groups is 1. The van der Waals surface area contributed by atoms with Gasteiger partial charge in [-0.3, -0.25) is 0 Å². The van der Waals surface area contributed by atoms with Crippen LogP contribution in [-0.2, 0) is 6.42 Å². The van der Waals surface area contributed by atoms with E-state index in [9.17, 15) is 5.11 Å². The Morgan fingerprint density at radius 1 is 1.27 bits per heavy atom. The first-order chi connectivity index (χ1) is 7.24. The topological polar surface area (TPSA) is 50.7 Å². The molecule has 0 aliphatic heterocycles. The molecule has 0 aromatic heterocycles. The second-order valence-corrected chi connectivity index (χ2v) is 3.16. The number of nitrogens with one attached hydrogen (secondary N) is 1. The van der Waals surface area contributed by atoms with Gasteiger partial charge >= 0.3 is 0 Å². The summed E-state index contributed by atoms with van der Waals surface area (Å²) in [4.78, 5) is 0. The predicted octanol–water partition coefficient (Wildman–Crippen LogP) is 1.17. The third-order valence-electron chi connectivity index (χ3n) is 2.25. The number of ether oxygens (including phenoxy) is 2. The van der Waals surface area contributed by atoms with Crippen molar-refractivity contribution < 1.29 is 14.6 Å². The van der Waals surface area contributed by atoms with E-state index in [2.05, 4.69) is 5.32 Å². The summed E-state index contributed by atoms with van der Waals surface area (Å²) in [7, 11) is 4.93. The standard InChI is InChI=1S/C11H17NO3/c1-12-7-6-8-4-5-9(14-2)11(15-3)10(8)13/h4-5,12-13H,6-7H2,1-3H3. The second-order valence-electron chi connectivity index (χ2n) is 3.16. The molecular formula is C11H17NO3. The molecule has 0 fully saturated rings. The number of benzene rings is 1. The fraction of sp³-hybridized carbons (Fsp3) is 0.455. The summed E-state index contributed by atoms with van der Waals surface area (Å²) in [5, 5.41) is 12.9. The van der Waals surface area contributed by atoms with Gasteiger partial charge in [-0.15, -0.1) is 0 Å². The maximum Gasteiger partial charge on any atom is 0.203 e. The summed E-state index contributed by atoms with van der Waals surface area (Å²) in [5.74, 6) is 1.10. The van der Waals surface area contributed by atoms with Gasteiger partial charge in [-0.05, 0) is 31.6 Å². The average Bonchev–Trinajstić information content (AvgIpc) is 2.27. The summed E-state index contributed by atoms with van der Waals surface area (Å²) in [6, 6.07) is 3.64. The molecule has 1 aromatic rings. The zero-order valence-corrected chi connectivity index (χ0v) is 9.33. The highest BCUT2D eigenvalue weighted by molar-refractivity contribution is 5.54. The molecule has 0 spiro atoms. The molecule has 0 aliphatic rings. The van der Waals surface area contributed by atoms with Gasteiger partial charge < -0.3 is 19.9 Å². The first-order valence-corrected chi connectivity index (χ1v) is 4.82. The van der Waals surface area contributed by atoms with E-state index in [4.69, 9.17) is 9.47 Å². The van der Waals surface area contributed by atoms with E-state index in [0.717, 1.165) is 18.5 Å². The van der Waals surface area contributed by atoms with Crippen molar-refractivity contribution in [1.29, 1.82) is 0 Å². The lowest BCUT2D eigenvalue weighted by Gasteiger charge is -2.12. The summed E-state index contributed by atoms with van der Waals surface area (Å²) >= 11 is 0. The van der Waals surface area contributed by atoms with E-state index in [0.29, 0.717) is 11.5 Å². The largest absolute Gasteiger partial charge is 0.504 e. The highest BCUT2D eigenvalue weighted by atomic mass is 16.5. The minimum absolute atomic E-state index is 0.159. The van der Waals surface area contributed by atoms with Crippen molar-refractivity contribution in [3.8, 4) is 17.2 Å². The summed E-state index contributed by atoms with van der Waals surface area (Å²) in [5.41, 5.74) is 0.849. The van der Waals surface area contributed by atoms with E-state index < -0.39 is 0 Å². The number of rotatable bonds is 5. The van der Waals surface area contributed by atoms with Crippen LogP contribution in [0.5, 0.6) is 17.2 Å². The van der Waals surface area contributed by atoms with E-state index in [1.54, 1.807) is 13.2 Å². The van der Waals surface area contributed by atoms with Crippen molar-refractivity contribution >= 4 is 0 Å². The van der Waals surface area contributed by atoms with Gasteiger partial charge in [0.2, 0.25) is 5.75 Å². The highest BCUT2D eigenvalue weighted by Crippen LogP contribution is 2.38. The molecule has 0 unspecified atom stereocenters. The Bertz CT molecular complexity index is 326. The van der Waals surface area contributed by atoms with Crippen LogP contribution in [0.25, 0.3) is 0 Å². The van der Waals surface area contributed by atoms with Gasteiger partial charge in [0.1, 0.15) is 0 Å². The average molecular weight is 211 g/mol. The fourth-order valence-electron chi connectivity index (χ4n) is 1.41. The SMILES string of the molecule is CNCCc1ccc(OC)c(OC)c1O. The molecule has 0 aliphatic carbocycles. The van der Waals surface area contributed by atoms with Crippen LogP contribution in [0, 0.1) is 0 Å². The Hall–Kier alpha value is -1.42. The molecule has 1 aromatic carbocycles. The van der Waals surface area contributed by atoms with E-state index in [-0.39, 0.29) is 5.75 Å². The third-order valence-corrected chi connectivity index (χ3v) is 2.25. The number of phenols is 1. The van der Waals surface area contributed by atoms with Gasteiger partial charge in [0.05, 0.1) is 14.2 Å². The molecule has 0 heterocycles. The lowest BCUT2D eigenvalue weighted by molar-refractivity contribution is 0.331. The number of phenolic OH excluding ortho intramolecular Hbond substituents is 1. The van der Waals surface area contributed by atoms with Crippen molar-refractivity contribution in [2.75, 3.05) is 27.8 Å². The van der Waals surface area contributed by atoms with E-state index in [1.165, 1.54) is 7.11 Å². The van der Waals surface area contributed by atoms with Crippen molar-refractivity contribution in [2.45, 2.75) is 6.42 Å². The molecule has 2 N–H and O–H groups in total. The molecule has 4 heteroatoms. The molecule has 0 saturated carbocycles. The van der Waals surface area contributed by atoms with Gasteiger partial charge in [0.25, 0.3) is 0 Å². The molecule has 0 amide bonds. The Morgan fingerprint density at radius 3 is 2.53 bits per heavy atom. The third kappa shape index (κ3) is 2.53. The van der Waals surface area contributed by atoms with Crippen LogP contribution < -0.4 is 14.8 Å². The zero-order chi connectivity index (χ0) is 11.3. The van der Waals surface area contributed by atoms with E-state index in [1.807, 2.05) is 13.1 Å². The molecule has 0 radical (unpaired) electrons. The van der Waals surface area contributed by atoms with Gasteiger partial charge in [-0.1, -0.05) is 6.07 Å². The number of hydrogen-bond acceptors (Lipinski definition) is 4. The normalized spacial score (nSPS) is 10.1. The smallest absolute Gasteiger partial charge is 0.203 e. The van der Waals surface area contributed by atoms with Crippen LogP contribution >= 0.6 is 0 Å². The number of methoxy groups -OCH3 is 2. The quantitative estimate of drug-likeness (QED) is 0.767. The Kier molecular flexibility index (Phi) is 4.24. The van der Waals surface area contributed by atoms with Crippen LogP contribution in [0.3, 0.4) is 0 Å². The monoisotopic (exact) mass is 211 g/mol. The fourth-order valence-corrected chi connectivity index (χ4v) is 1.41. The van der Waals surface area contributed by atoms with Crippen LogP contribution in [0.4, 0.5) is 0 Å². The lowest BCUT2D eigenvalue weighted by Crippen LogP contribution is -2.10. The van der Waals surface area contributed by atoms with Crippen LogP contribution in [0.2, 0.25) is 0 Å². The molecule has 0 bridgehead atoms. The number of likely N-dealkylation sites (N-methyl/N-ethyl adjacent to an activating group) is 1. The summed E-state index contributed by atoms with van der Waals surface area (Å²) < 4.78 is 10.2. The zero-order valence-electron chi connectivity index (χ0n) is 9.33. The van der Waals surface area contributed by atoms with Crippen LogP contribution in [0.15, 0.2) is 12.1 Å². The Morgan fingerprint density at radius 2 is 2.00 bits per heavy atom. The van der Waals surface area contributed by atoms with E-state index >= 15 is 0 Å². The molecule has 1 rings (SSSR count). The summed E-state index contributed by atoms with van der Waals surface area (Å²) in [6.45, 7) is 0.809.